The molecule has 1 heterocycles. The third-order valence-electron chi connectivity index (χ3n) is 3.24. The van der Waals surface area contributed by atoms with Crippen LogP contribution in [-0.2, 0) is 11.2 Å². The first kappa shape index (κ1) is 15.7. The summed E-state index contributed by atoms with van der Waals surface area (Å²) in [5.41, 5.74) is 3.19. The second-order valence-corrected chi connectivity index (χ2v) is 6.58. The third-order valence-corrected chi connectivity index (χ3v) is 4.18. The standard InChI is InChI=1S/C17H22N2OS/c1-12(2)8-9-18-16(20)10-15-11-21-17(19-15)14-6-4-13(3)5-7-14/h4-7,11-12H,8-10H2,1-3H3,(H,18,20). The molecule has 0 saturated carbocycles. The minimum atomic E-state index is 0.0522. The molecule has 1 N–H and O–H groups in total. The molecule has 0 atom stereocenters. The van der Waals surface area contributed by atoms with Crippen molar-refractivity contribution in [2.45, 2.75) is 33.6 Å². The van der Waals surface area contributed by atoms with Gasteiger partial charge in [0.15, 0.2) is 0 Å². The van der Waals surface area contributed by atoms with Crippen LogP contribution in [0.2, 0.25) is 0 Å². The summed E-state index contributed by atoms with van der Waals surface area (Å²) in [4.78, 5) is 16.4. The third kappa shape index (κ3) is 4.97. The van der Waals surface area contributed by atoms with E-state index in [1.165, 1.54) is 5.56 Å². The number of nitrogens with one attached hydrogen (secondary N) is 1. The number of carbonyl (C=O) groups excluding carboxylic acids is 1. The lowest BCUT2D eigenvalue weighted by Crippen LogP contribution is -2.26. The molecule has 1 aromatic carbocycles. The number of rotatable bonds is 6. The van der Waals surface area contributed by atoms with Gasteiger partial charge < -0.3 is 5.32 Å². The van der Waals surface area contributed by atoms with Gasteiger partial charge in [-0.3, -0.25) is 4.79 Å². The summed E-state index contributed by atoms with van der Waals surface area (Å²) in [5, 5.41) is 5.89. The molecule has 0 saturated heterocycles. The fourth-order valence-electron chi connectivity index (χ4n) is 1.94. The average Bonchev–Trinajstić information content (AvgIpc) is 2.87. The largest absolute Gasteiger partial charge is 0.356 e. The Morgan fingerprint density at radius 1 is 1.29 bits per heavy atom. The molecule has 4 heteroatoms. The van der Waals surface area contributed by atoms with Gasteiger partial charge in [0.05, 0.1) is 12.1 Å². The highest BCUT2D eigenvalue weighted by atomic mass is 32.1. The van der Waals surface area contributed by atoms with Gasteiger partial charge >= 0.3 is 0 Å². The highest BCUT2D eigenvalue weighted by molar-refractivity contribution is 7.13. The molecule has 0 spiro atoms. The lowest BCUT2D eigenvalue weighted by molar-refractivity contribution is -0.120. The van der Waals surface area contributed by atoms with Crippen molar-refractivity contribution >= 4 is 17.2 Å². The van der Waals surface area contributed by atoms with E-state index < -0.39 is 0 Å². The molecule has 0 unspecified atom stereocenters. The maximum Gasteiger partial charge on any atom is 0.226 e. The van der Waals surface area contributed by atoms with Crippen molar-refractivity contribution in [2.24, 2.45) is 5.92 Å². The van der Waals surface area contributed by atoms with Crippen molar-refractivity contribution in [3.63, 3.8) is 0 Å². The van der Waals surface area contributed by atoms with Crippen LogP contribution < -0.4 is 5.32 Å². The molecular formula is C17H22N2OS. The Morgan fingerprint density at radius 3 is 2.67 bits per heavy atom. The van der Waals surface area contributed by atoms with E-state index in [4.69, 9.17) is 0 Å². The topological polar surface area (TPSA) is 42.0 Å². The summed E-state index contributed by atoms with van der Waals surface area (Å²) in [6, 6.07) is 8.30. The van der Waals surface area contributed by atoms with Gasteiger partial charge in [-0.15, -0.1) is 11.3 Å². The number of nitrogens with zero attached hydrogens (tertiary/aromatic N) is 1. The number of aromatic nitrogens is 1. The van der Waals surface area contributed by atoms with Crippen LogP contribution in [0.5, 0.6) is 0 Å². The van der Waals surface area contributed by atoms with Crippen LogP contribution >= 0.6 is 11.3 Å². The molecule has 0 bridgehead atoms. The second kappa shape index (κ2) is 7.36. The van der Waals surface area contributed by atoms with Crippen molar-refractivity contribution < 1.29 is 4.79 Å². The monoisotopic (exact) mass is 302 g/mol. The normalized spacial score (nSPS) is 10.9. The molecule has 3 nitrogen and oxygen atoms in total. The van der Waals surface area contributed by atoms with E-state index in [0.717, 1.165) is 29.2 Å². The Hall–Kier alpha value is -1.68. The lowest BCUT2D eigenvalue weighted by Gasteiger charge is -2.06. The molecule has 2 rings (SSSR count). The summed E-state index contributed by atoms with van der Waals surface area (Å²) in [7, 11) is 0. The number of hydrogen-bond donors (Lipinski definition) is 1. The Kier molecular flexibility index (Phi) is 5.51. The van der Waals surface area contributed by atoms with E-state index in [9.17, 15) is 4.79 Å². The summed E-state index contributed by atoms with van der Waals surface area (Å²) in [6.07, 6.45) is 1.37. The van der Waals surface area contributed by atoms with E-state index in [0.29, 0.717) is 12.3 Å². The SMILES string of the molecule is Cc1ccc(-c2nc(CC(=O)NCCC(C)C)cs2)cc1. The van der Waals surface area contributed by atoms with Gasteiger partial charge in [-0.1, -0.05) is 43.7 Å². The first-order valence-electron chi connectivity index (χ1n) is 7.32. The Balaban J connectivity index is 1.91. The van der Waals surface area contributed by atoms with Gasteiger partial charge in [-0.25, -0.2) is 4.98 Å². The number of benzene rings is 1. The smallest absolute Gasteiger partial charge is 0.226 e. The van der Waals surface area contributed by atoms with Crippen molar-refractivity contribution in [1.29, 1.82) is 0 Å². The number of amides is 1. The zero-order chi connectivity index (χ0) is 15.2. The molecule has 0 aliphatic rings. The molecule has 0 radical (unpaired) electrons. The first-order valence-corrected chi connectivity index (χ1v) is 8.20. The van der Waals surface area contributed by atoms with Gasteiger partial charge in [-0.2, -0.15) is 0 Å². The predicted octanol–water partition coefficient (Wildman–Crippen LogP) is 3.82. The predicted molar refractivity (Wildman–Crippen MR) is 88.5 cm³/mol. The molecule has 112 valence electrons. The van der Waals surface area contributed by atoms with Crippen LogP contribution in [0.15, 0.2) is 29.6 Å². The number of carbonyl (C=O) groups is 1. The molecule has 1 amide bonds. The number of aryl methyl sites for hydroxylation is 1. The van der Waals surface area contributed by atoms with Crippen molar-refractivity contribution in [1.82, 2.24) is 10.3 Å². The number of hydrogen-bond acceptors (Lipinski definition) is 3. The zero-order valence-electron chi connectivity index (χ0n) is 12.8. The van der Waals surface area contributed by atoms with Crippen molar-refractivity contribution in [3.8, 4) is 10.6 Å². The van der Waals surface area contributed by atoms with Crippen LogP contribution in [0, 0.1) is 12.8 Å². The van der Waals surface area contributed by atoms with Gasteiger partial charge in [0.2, 0.25) is 5.91 Å². The quantitative estimate of drug-likeness (QED) is 0.881. The van der Waals surface area contributed by atoms with Crippen LogP contribution in [0.1, 0.15) is 31.5 Å². The van der Waals surface area contributed by atoms with Gasteiger partial charge in [0, 0.05) is 17.5 Å². The second-order valence-electron chi connectivity index (χ2n) is 5.72. The summed E-state index contributed by atoms with van der Waals surface area (Å²) < 4.78 is 0. The van der Waals surface area contributed by atoms with E-state index in [1.807, 2.05) is 5.38 Å². The van der Waals surface area contributed by atoms with Gasteiger partial charge in [0.1, 0.15) is 5.01 Å². The van der Waals surface area contributed by atoms with Crippen LogP contribution in [0.4, 0.5) is 0 Å². The molecule has 0 fully saturated rings. The summed E-state index contributed by atoms with van der Waals surface area (Å²) >= 11 is 1.59. The van der Waals surface area contributed by atoms with E-state index in [2.05, 4.69) is 55.3 Å². The lowest BCUT2D eigenvalue weighted by atomic mass is 10.1. The summed E-state index contributed by atoms with van der Waals surface area (Å²) in [6.45, 7) is 7.12. The van der Waals surface area contributed by atoms with Gasteiger partial charge in [0.25, 0.3) is 0 Å². The fourth-order valence-corrected chi connectivity index (χ4v) is 2.77. The van der Waals surface area contributed by atoms with Crippen LogP contribution in [0.3, 0.4) is 0 Å². The molecule has 0 aliphatic heterocycles. The van der Waals surface area contributed by atoms with Crippen LogP contribution in [0.25, 0.3) is 10.6 Å². The Morgan fingerprint density at radius 2 is 2.00 bits per heavy atom. The molecule has 21 heavy (non-hydrogen) atoms. The zero-order valence-corrected chi connectivity index (χ0v) is 13.7. The Bertz CT molecular complexity index is 587. The maximum absolute atomic E-state index is 11.8. The maximum atomic E-state index is 11.8. The highest BCUT2D eigenvalue weighted by Gasteiger charge is 2.09. The highest BCUT2D eigenvalue weighted by Crippen LogP contribution is 2.24. The van der Waals surface area contributed by atoms with E-state index in [-0.39, 0.29) is 5.91 Å². The van der Waals surface area contributed by atoms with E-state index in [1.54, 1.807) is 11.3 Å². The minimum absolute atomic E-state index is 0.0522. The summed E-state index contributed by atoms with van der Waals surface area (Å²) in [5.74, 6) is 0.661. The number of thiazole rings is 1. The van der Waals surface area contributed by atoms with E-state index >= 15 is 0 Å². The average molecular weight is 302 g/mol. The molecule has 1 aromatic heterocycles. The van der Waals surface area contributed by atoms with Crippen molar-refractivity contribution in [3.05, 3.63) is 40.9 Å². The molecule has 0 aliphatic carbocycles. The fraction of sp³-hybridized carbons (Fsp3) is 0.412. The molecule has 2 aromatic rings. The first-order chi connectivity index (χ1) is 10.0. The van der Waals surface area contributed by atoms with Crippen molar-refractivity contribution in [2.75, 3.05) is 6.54 Å². The minimum Gasteiger partial charge on any atom is -0.356 e. The molecular weight excluding hydrogens is 280 g/mol. The Labute approximate surface area is 130 Å². The van der Waals surface area contributed by atoms with Gasteiger partial charge in [-0.05, 0) is 19.3 Å². The van der Waals surface area contributed by atoms with Crippen LogP contribution in [-0.4, -0.2) is 17.4 Å².